The Morgan fingerprint density at radius 2 is 2.00 bits per heavy atom. The van der Waals surface area contributed by atoms with Crippen LogP contribution >= 0.6 is 37.2 Å². The molecule has 0 saturated carbocycles. The van der Waals surface area contributed by atoms with E-state index in [1.807, 2.05) is 12.2 Å². The van der Waals surface area contributed by atoms with Crippen LogP contribution in [-0.4, -0.2) is 0 Å². The Bertz CT molecular complexity index is 80.2. The molecule has 1 aliphatic rings. The van der Waals surface area contributed by atoms with Gasteiger partial charge in [-0.2, -0.15) is 6.08 Å². The number of rotatable bonds is 0. The van der Waals surface area contributed by atoms with Crippen LogP contribution < -0.4 is 13.3 Å². The Morgan fingerprint density at radius 1 is 1.44 bits per heavy atom. The molecule has 52 valence electrons. The zero-order valence-corrected chi connectivity index (χ0v) is 13.5. The molecule has 0 fully saturated rings. The van der Waals surface area contributed by atoms with Crippen LogP contribution in [0.3, 0.4) is 0 Å². The van der Waals surface area contributed by atoms with Crippen molar-refractivity contribution in [2.75, 3.05) is 0 Å². The molecular formula is C5H5I3Zr-2. The maximum Gasteiger partial charge on any atom is 0 e. The Hall–Kier alpha value is 2.55. The van der Waals surface area contributed by atoms with E-state index in [2.05, 4.69) is 49.4 Å². The first-order valence-electron chi connectivity index (χ1n) is 2.00. The molecular weight excluding hydrogens is 532 g/mol. The topological polar surface area (TPSA) is 0 Å². The Kier molecular flexibility index (Phi) is 20.6. The monoisotopic (exact) mass is 536 g/mol. The molecule has 1 rings (SSSR count). The van der Waals surface area contributed by atoms with E-state index in [-0.39, 0.29) is 26.2 Å². The van der Waals surface area contributed by atoms with Crippen LogP contribution in [0.4, 0.5) is 0 Å². The van der Waals surface area contributed by atoms with E-state index in [0.29, 0.717) is 13.3 Å². The molecule has 0 heterocycles. The fraction of sp³-hybridized carbons (Fsp3) is 0.200. The van der Waals surface area contributed by atoms with Crippen molar-refractivity contribution in [1.29, 1.82) is 0 Å². The predicted molar refractivity (Wildman–Crippen MR) is 49.6 cm³/mol. The molecule has 0 aromatic heterocycles. The van der Waals surface area contributed by atoms with Gasteiger partial charge < -0.3 is 0 Å². The van der Waals surface area contributed by atoms with Crippen molar-refractivity contribution >= 4 is 37.2 Å². The first kappa shape index (κ1) is 14.1. The zero-order valence-electron chi connectivity index (χ0n) is 4.57. The summed E-state index contributed by atoms with van der Waals surface area (Å²) in [5.74, 6) is 0. The van der Waals surface area contributed by atoms with Crippen LogP contribution in [0.5, 0.6) is 0 Å². The van der Waals surface area contributed by atoms with Gasteiger partial charge in [0.05, 0.1) is 0 Å². The Balaban J connectivity index is 0. The van der Waals surface area contributed by atoms with Crippen LogP contribution in [0.1, 0.15) is 6.42 Å². The quantitative estimate of drug-likeness (QED) is 0.304. The van der Waals surface area contributed by atoms with Crippen LogP contribution in [0.25, 0.3) is 0 Å². The summed E-state index contributed by atoms with van der Waals surface area (Å²) in [6, 6.07) is 0. The summed E-state index contributed by atoms with van der Waals surface area (Å²) in [5, 5.41) is 0. The standard InChI is InChI=1S/C5H5.I3.Zr/c1-2-4-5-3-1;1-3-2;/h1-3H,4H2;;/q2*-1;. The molecule has 0 unspecified atom stereocenters. The minimum absolute atomic E-state index is 0. The number of hydrogen-bond acceptors (Lipinski definition) is 0. The molecule has 4 heteroatoms. The molecule has 0 atom stereocenters. The molecule has 0 spiro atoms. The van der Waals surface area contributed by atoms with E-state index in [1.165, 1.54) is 0 Å². The predicted octanol–water partition coefficient (Wildman–Crippen LogP) is 0.0786. The third kappa shape index (κ3) is 13.5. The number of halogens is 3. The number of allylic oxidation sites excluding steroid dienone is 4. The second-order valence-electron chi connectivity index (χ2n) is 1.06. The van der Waals surface area contributed by atoms with E-state index in [0.717, 1.165) is 6.42 Å². The van der Waals surface area contributed by atoms with E-state index in [4.69, 9.17) is 0 Å². The molecule has 0 amide bonds. The van der Waals surface area contributed by atoms with E-state index in [1.54, 1.807) is 0 Å². The molecule has 0 aliphatic heterocycles. The Labute approximate surface area is 105 Å². The fourth-order valence-electron chi connectivity index (χ4n) is 0.340. The van der Waals surface area contributed by atoms with Crippen molar-refractivity contribution in [3.8, 4) is 0 Å². The summed E-state index contributed by atoms with van der Waals surface area (Å²) in [7, 11) is 0. The molecule has 0 aromatic carbocycles. The summed E-state index contributed by atoms with van der Waals surface area (Å²) >= 11 is 5.30. The van der Waals surface area contributed by atoms with Crippen molar-refractivity contribution in [2.24, 2.45) is 0 Å². The summed E-state index contributed by atoms with van der Waals surface area (Å²) in [5.41, 5.74) is 0. The first-order valence-corrected chi connectivity index (χ1v) is 14.6. The van der Waals surface area contributed by atoms with Crippen molar-refractivity contribution < 1.29 is 39.5 Å². The van der Waals surface area contributed by atoms with Gasteiger partial charge in [0.25, 0.3) is 0 Å². The molecule has 0 nitrogen and oxygen atoms in total. The normalized spacial score (nSPS) is 12.2. The van der Waals surface area contributed by atoms with Gasteiger partial charge >= 0.3 is 50.5 Å². The first-order chi connectivity index (χ1) is 3.91. The van der Waals surface area contributed by atoms with Crippen molar-refractivity contribution in [3.05, 3.63) is 24.3 Å². The molecule has 9 heavy (non-hydrogen) atoms. The van der Waals surface area contributed by atoms with Crippen LogP contribution in [0, 0.1) is 6.08 Å². The van der Waals surface area contributed by atoms with Gasteiger partial charge in [-0.3, -0.25) is 6.08 Å². The second kappa shape index (κ2) is 13.2. The van der Waals surface area contributed by atoms with E-state index in [9.17, 15) is 0 Å². The summed E-state index contributed by atoms with van der Waals surface area (Å²) in [6.07, 6.45) is 10.0. The summed E-state index contributed by atoms with van der Waals surface area (Å²) < 4.78 is 0. The molecule has 0 radical (unpaired) electrons. The largest absolute Gasteiger partial charge is 0.273 e. The van der Waals surface area contributed by atoms with Crippen molar-refractivity contribution in [1.82, 2.24) is 0 Å². The van der Waals surface area contributed by atoms with Gasteiger partial charge in [0.1, 0.15) is 0 Å². The van der Waals surface area contributed by atoms with Gasteiger partial charge in [-0.25, -0.2) is 12.2 Å². The third-order valence-electron chi connectivity index (χ3n) is 0.586. The van der Waals surface area contributed by atoms with Crippen LogP contribution in [0.15, 0.2) is 18.2 Å². The van der Waals surface area contributed by atoms with Gasteiger partial charge in [-0.05, 0) is 0 Å². The SMILES string of the molecule is I[I-]I.[C-]1=CC=CC1.[Zr]. The third-order valence-corrected chi connectivity index (χ3v) is 0.586. The van der Waals surface area contributed by atoms with Crippen molar-refractivity contribution in [3.63, 3.8) is 0 Å². The molecule has 1 aliphatic carbocycles. The van der Waals surface area contributed by atoms with Gasteiger partial charge in [0.2, 0.25) is 0 Å². The molecule has 0 N–H and O–H groups in total. The second-order valence-corrected chi connectivity index (χ2v) is 17.3. The zero-order chi connectivity index (χ0) is 6.24. The van der Waals surface area contributed by atoms with Crippen LogP contribution in [-0.2, 0) is 26.2 Å². The maximum atomic E-state index is 2.99. The molecule has 0 bridgehead atoms. The maximum absolute atomic E-state index is 2.99. The van der Waals surface area contributed by atoms with Gasteiger partial charge in [-0.1, -0.05) is 0 Å². The Morgan fingerprint density at radius 3 is 2.11 bits per heavy atom. The van der Waals surface area contributed by atoms with E-state index < -0.39 is 0 Å². The minimum atomic E-state index is 0. The van der Waals surface area contributed by atoms with Crippen LogP contribution in [0.2, 0.25) is 0 Å². The molecule has 0 aromatic rings. The molecule has 0 saturated heterocycles. The average Bonchev–Trinajstić information content (AvgIpc) is 2.17. The van der Waals surface area contributed by atoms with Gasteiger partial charge in [-0.15, -0.1) is 6.42 Å². The van der Waals surface area contributed by atoms with E-state index >= 15 is 0 Å². The van der Waals surface area contributed by atoms with Gasteiger partial charge in [0, 0.05) is 26.2 Å². The fourth-order valence-corrected chi connectivity index (χ4v) is 0.340. The average molecular weight is 537 g/mol. The minimum Gasteiger partial charge on any atom is -0.273 e. The van der Waals surface area contributed by atoms with Crippen molar-refractivity contribution in [2.45, 2.75) is 6.42 Å². The van der Waals surface area contributed by atoms with Gasteiger partial charge in [0.15, 0.2) is 0 Å². The summed E-state index contributed by atoms with van der Waals surface area (Å²) in [6.45, 7) is 0. The number of hydrogen-bond donors (Lipinski definition) is 0. The smallest absolute Gasteiger partial charge is 0 e. The summed E-state index contributed by atoms with van der Waals surface area (Å²) in [4.78, 5) is 0.